The van der Waals surface area contributed by atoms with Crippen molar-refractivity contribution in [1.82, 2.24) is 0 Å². The van der Waals surface area contributed by atoms with Crippen LogP contribution >= 0.6 is 8.46 Å². The van der Waals surface area contributed by atoms with Crippen LogP contribution in [0.2, 0.25) is 0 Å². The maximum atomic E-state index is 10.4. The van der Waals surface area contributed by atoms with E-state index in [1.54, 1.807) is 14.1 Å². The molecule has 2 unspecified atom stereocenters. The highest BCUT2D eigenvalue weighted by Gasteiger charge is 2.16. The van der Waals surface area contributed by atoms with Crippen LogP contribution in [0.1, 0.15) is 6.92 Å². The standard InChI is InChI=1S/C6H15NO2P/c1-6(10-9)4-7(2,3)5-8/h5-6H,4,10H2,1-3H3/q+1. The molecule has 0 heterocycles. The van der Waals surface area contributed by atoms with Gasteiger partial charge in [-0.25, -0.2) is 4.79 Å². The molecule has 4 heteroatoms. The second-order valence-electron chi connectivity index (χ2n) is 3.18. The van der Waals surface area contributed by atoms with E-state index >= 15 is 0 Å². The van der Waals surface area contributed by atoms with E-state index in [-0.39, 0.29) is 5.66 Å². The fourth-order valence-electron chi connectivity index (χ4n) is 0.828. The van der Waals surface area contributed by atoms with Gasteiger partial charge in [-0.05, 0) is 0 Å². The Morgan fingerprint density at radius 2 is 2.10 bits per heavy atom. The molecule has 0 radical (unpaired) electrons. The molecule has 60 valence electrons. The molecule has 0 aliphatic rings. The quantitative estimate of drug-likeness (QED) is 0.341. The first kappa shape index (κ1) is 9.86. The molecular formula is C6H15NO2P+. The van der Waals surface area contributed by atoms with Gasteiger partial charge in [-0.1, -0.05) is 6.92 Å². The summed E-state index contributed by atoms with van der Waals surface area (Å²) >= 11 is 0. The third kappa shape index (κ3) is 3.80. The Hall–Kier alpha value is -0.140. The van der Waals surface area contributed by atoms with Gasteiger partial charge in [0.2, 0.25) is 0 Å². The number of nitrogens with zero attached hydrogens (tertiary/aromatic N) is 1. The van der Waals surface area contributed by atoms with E-state index in [1.165, 1.54) is 0 Å². The highest BCUT2D eigenvalue weighted by atomic mass is 31.1. The summed E-state index contributed by atoms with van der Waals surface area (Å²) in [5.41, 5.74) is 0.167. The van der Waals surface area contributed by atoms with E-state index in [0.29, 0.717) is 11.0 Å². The first-order valence-corrected chi connectivity index (χ1v) is 4.40. The molecule has 0 N–H and O–H groups in total. The van der Waals surface area contributed by atoms with Crippen molar-refractivity contribution in [3.63, 3.8) is 0 Å². The summed E-state index contributed by atoms with van der Waals surface area (Å²) in [4.78, 5) is 10.4. The normalized spacial score (nSPS) is 15.9. The predicted octanol–water partition coefficient (Wildman–Crippen LogP) is 0.364. The maximum Gasteiger partial charge on any atom is 0.301 e. The number of hydrogen-bond donors (Lipinski definition) is 0. The Morgan fingerprint density at radius 1 is 1.60 bits per heavy atom. The van der Waals surface area contributed by atoms with Gasteiger partial charge < -0.3 is 4.57 Å². The van der Waals surface area contributed by atoms with Crippen molar-refractivity contribution in [3.8, 4) is 0 Å². The molecule has 3 nitrogen and oxygen atoms in total. The van der Waals surface area contributed by atoms with Gasteiger partial charge >= 0.3 is 6.41 Å². The molecular weight excluding hydrogens is 149 g/mol. The number of carbonyl (C=O) groups is 1. The van der Waals surface area contributed by atoms with Crippen LogP contribution in [0, 0.1) is 0 Å². The summed E-state index contributed by atoms with van der Waals surface area (Å²) in [6.07, 6.45) is 0.867. The van der Waals surface area contributed by atoms with Gasteiger partial charge in [0.15, 0.2) is 0 Å². The highest BCUT2D eigenvalue weighted by Crippen LogP contribution is 2.08. The monoisotopic (exact) mass is 164 g/mol. The van der Waals surface area contributed by atoms with Crippen LogP contribution in [0.25, 0.3) is 0 Å². The Morgan fingerprint density at radius 3 is 2.40 bits per heavy atom. The lowest BCUT2D eigenvalue weighted by atomic mass is 10.4. The third-order valence-electron chi connectivity index (χ3n) is 1.28. The zero-order chi connectivity index (χ0) is 8.20. The Bertz CT molecular complexity index is 136. The van der Waals surface area contributed by atoms with Crippen molar-refractivity contribution in [3.05, 3.63) is 0 Å². The third-order valence-corrected chi connectivity index (χ3v) is 1.95. The summed E-state index contributed by atoms with van der Waals surface area (Å²) in [5, 5.41) is 0. The zero-order valence-corrected chi connectivity index (χ0v) is 7.86. The van der Waals surface area contributed by atoms with Gasteiger partial charge in [0.1, 0.15) is 0 Å². The Labute approximate surface area is 62.8 Å². The van der Waals surface area contributed by atoms with Crippen LogP contribution in [-0.4, -0.2) is 37.2 Å². The largest absolute Gasteiger partial charge is 0.330 e. The van der Waals surface area contributed by atoms with Crippen LogP contribution in [-0.2, 0) is 9.36 Å². The fraction of sp³-hybridized carbons (Fsp3) is 0.833. The second kappa shape index (κ2) is 3.89. The highest BCUT2D eigenvalue weighted by molar-refractivity contribution is 7.24. The van der Waals surface area contributed by atoms with Crippen LogP contribution in [0.15, 0.2) is 0 Å². The first-order valence-electron chi connectivity index (χ1n) is 3.26. The van der Waals surface area contributed by atoms with E-state index in [2.05, 4.69) is 0 Å². The van der Waals surface area contributed by atoms with Gasteiger partial charge in [-0.2, -0.15) is 0 Å². The smallest absolute Gasteiger partial charge is 0.301 e. The van der Waals surface area contributed by atoms with Crippen molar-refractivity contribution >= 4 is 14.9 Å². The van der Waals surface area contributed by atoms with E-state index in [1.807, 2.05) is 6.92 Å². The van der Waals surface area contributed by atoms with Crippen molar-refractivity contribution in [2.45, 2.75) is 12.6 Å². The Kier molecular flexibility index (Phi) is 3.84. The van der Waals surface area contributed by atoms with Crippen molar-refractivity contribution in [2.24, 2.45) is 0 Å². The minimum absolute atomic E-state index is 0.167. The number of quaternary nitrogens is 1. The molecule has 0 bridgehead atoms. The molecule has 0 aliphatic carbocycles. The van der Waals surface area contributed by atoms with E-state index in [4.69, 9.17) is 0 Å². The van der Waals surface area contributed by atoms with Crippen LogP contribution in [0.3, 0.4) is 0 Å². The fourth-order valence-corrected chi connectivity index (χ4v) is 1.46. The number of amides is 1. The molecule has 2 atom stereocenters. The topological polar surface area (TPSA) is 34.1 Å². The molecule has 0 aliphatic heterocycles. The average Bonchev–Trinajstić information content (AvgIpc) is 1.87. The van der Waals surface area contributed by atoms with Crippen molar-refractivity contribution in [2.75, 3.05) is 20.6 Å². The van der Waals surface area contributed by atoms with Crippen molar-refractivity contribution in [1.29, 1.82) is 0 Å². The summed E-state index contributed by atoms with van der Waals surface area (Å²) in [7, 11) is 2.86. The van der Waals surface area contributed by atoms with Gasteiger partial charge in [0.05, 0.1) is 34.8 Å². The van der Waals surface area contributed by atoms with Gasteiger partial charge in [-0.3, -0.25) is 4.48 Å². The van der Waals surface area contributed by atoms with Gasteiger partial charge in [0, 0.05) is 0 Å². The molecule has 0 rings (SSSR count). The van der Waals surface area contributed by atoms with Gasteiger partial charge in [-0.15, -0.1) is 0 Å². The molecule has 10 heavy (non-hydrogen) atoms. The molecule has 0 spiro atoms. The molecule has 0 fully saturated rings. The maximum absolute atomic E-state index is 10.4. The lowest BCUT2D eigenvalue weighted by Gasteiger charge is -2.22. The van der Waals surface area contributed by atoms with Gasteiger partial charge in [0.25, 0.3) is 0 Å². The van der Waals surface area contributed by atoms with E-state index in [9.17, 15) is 9.36 Å². The minimum Gasteiger partial charge on any atom is -0.330 e. The van der Waals surface area contributed by atoms with Crippen molar-refractivity contribution < 1.29 is 13.8 Å². The lowest BCUT2D eigenvalue weighted by Crippen LogP contribution is -2.41. The molecule has 1 amide bonds. The molecule has 0 aromatic heterocycles. The summed E-state index contributed by atoms with van der Waals surface area (Å²) < 4.78 is 10.7. The number of rotatable bonds is 4. The first-order chi connectivity index (χ1) is 4.52. The van der Waals surface area contributed by atoms with E-state index < -0.39 is 8.46 Å². The number of carbonyl (C=O) groups excluding carboxylic acids is 1. The molecule has 0 aromatic carbocycles. The minimum atomic E-state index is -0.746. The van der Waals surface area contributed by atoms with Crippen LogP contribution in [0.5, 0.6) is 0 Å². The Balaban J connectivity index is 3.86. The van der Waals surface area contributed by atoms with Crippen LogP contribution in [0.4, 0.5) is 0 Å². The lowest BCUT2D eigenvalue weighted by molar-refractivity contribution is -0.803. The average molecular weight is 164 g/mol. The van der Waals surface area contributed by atoms with Crippen LogP contribution < -0.4 is 0 Å². The summed E-state index contributed by atoms with van der Waals surface area (Å²) in [6, 6.07) is 0. The molecule has 0 saturated heterocycles. The summed E-state index contributed by atoms with van der Waals surface area (Å²) in [6.45, 7) is 2.56. The summed E-state index contributed by atoms with van der Waals surface area (Å²) in [5.74, 6) is 0. The molecule has 0 saturated carbocycles. The molecule has 0 aromatic rings. The zero-order valence-electron chi connectivity index (χ0n) is 6.70. The second-order valence-corrected chi connectivity index (χ2v) is 4.59. The predicted molar refractivity (Wildman–Crippen MR) is 42.9 cm³/mol. The SMILES string of the molecule is CC(C[N+](C)(C)C=O)[PH2]=O. The van der Waals surface area contributed by atoms with E-state index in [0.717, 1.165) is 6.41 Å². The number of hydrogen-bond acceptors (Lipinski definition) is 2.